The fourth-order valence-electron chi connectivity index (χ4n) is 2.47. The van der Waals surface area contributed by atoms with Gasteiger partial charge in [-0.2, -0.15) is 4.98 Å². The van der Waals surface area contributed by atoms with Crippen molar-refractivity contribution >= 4 is 29.1 Å². The van der Waals surface area contributed by atoms with Crippen LogP contribution >= 0.6 is 23.2 Å². The van der Waals surface area contributed by atoms with Crippen molar-refractivity contribution in [2.75, 3.05) is 13.6 Å². The molecule has 146 valence electrons. The zero-order valence-electron chi connectivity index (χ0n) is 15.5. The molecule has 2 aromatic carbocycles. The third-order valence-electron chi connectivity index (χ3n) is 4.07. The lowest BCUT2D eigenvalue weighted by Gasteiger charge is -2.16. The second-order valence-electron chi connectivity index (χ2n) is 6.31. The Morgan fingerprint density at radius 2 is 1.93 bits per heavy atom. The van der Waals surface area contributed by atoms with Crippen LogP contribution in [-0.4, -0.2) is 34.5 Å². The van der Waals surface area contributed by atoms with E-state index in [4.69, 9.17) is 32.5 Å². The van der Waals surface area contributed by atoms with Crippen LogP contribution in [-0.2, 0) is 13.0 Å². The Bertz CT molecular complexity index is 958. The molecule has 0 aliphatic carbocycles. The first-order valence-corrected chi connectivity index (χ1v) is 9.39. The van der Waals surface area contributed by atoms with Crippen molar-refractivity contribution < 1.29 is 14.1 Å². The molecule has 3 rings (SSSR count). The molecule has 0 aliphatic rings. The smallest absolute Gasteiger partial charge is 0.264 e. The topological polar surface area (TPSA) is 68.5 Å². The summed E-state index contributed by atoms with van der Waals surface area (Å²) in [5.74, 6) is 1.26. The summed E-state index contributed by atoms with van der Waals surface area (Å²) in [6.07, 6.45) is 0.472. The lowest BCUT2D eigenvalue weighted by molar-refractivity contribution is 0.0796. The first kappa shape index (κ1) is 20.2. The molecule has 0 saturated heterocycles. The van der Waals surface area contributed by atoms with E-state index in [-0.39, 0.29) is 12.5 Å². The van der Waals surface area contributed by atoms with Crippen LogP contribution in [0.15, 0.2) is 47.0 Å². The quantitative estimate of drug-likeness (QED) is 0.560. The van der Waals surface area contributed by atoms with Gasteiger partial charge in [-0.05, 0) is 37.3 Å². The van der Waals surface area contributed by atoms with Crippen molar-refractivity contribution in [2.24, 2.45) is 0 Å². The fourth-order valence-corrected chi connectivity index (χ4v) is 2.93. The van der Waals surface area contributed by atoms with Gasteiger partial charge < -0.3 is 14.2 Å². The van der Waals surface area contributed by atoms with E-state index < -0.39 is 0 Å². The van der Waals surface area contributed by atoms with Gasteiger partial charge in [0, 0.05) is 30.6 Å². The first-order valence-electron chi connectivity index (χ1n) is 8.64. The number of aromatic nitrogens is 2. The number of carbonyl (C=O) groups is 1. The van der Waals surface area contributed by atoms with Gasteiger partial charge in [-0.15, -0.1) is 0 Å². The predicted molar refractivity (Wildman–Crippen MR) is 107 cm³/mol. The number of likely N-dealkylation sites (N-methyl/N-ethyl adjacent to an activating group) is 1. The summed E-state index contributed by atoms with van der Waals surface area (Å²) in [5, 5.41) is 4.86. The minimum Gasteiger partial charge on any atom is -0.482 e. The molecular weight excluding hydrogens is 401 g/mol. The molecule has 0 fully saturated rings. The van der Waals surface area contributed by atoms with Gasteiger partial charge >= 0.3 is 0 Å². The number of halogens is 2. The minimum absolute atomic E-state index is 0.0515. The van der Waals surface area contributed by atoms with E-state index in [9.17, 15) is 4.79 Å². The molecule has 0 unspecified atom stereocenters. The van der Waals surface area contributed by atoms with Crippen LogP contribution in [0.1, 0.15) is 27.6 Å². The average Bonchev–Trinajstić information content (AvgIpc) is 3.13. The van der Waals surface area contributed by atoms with Crippen molar-refractivity contribution in [1.29, 1.82) is 0 Å². The third kappa shape index (κ3) is 5.24. The molecule has 6 nitrogen and oxygen atoms in total. The fraction of sp³-hybridized carbons (Fsp3) is 0.250. The van der Waals surface area contributed by atoms with E-state index >= 15 is 0 Å². The van der Waals surface area contributed by atoms with Crippen LogP contribution in [0.5, 0.6) is 5.75 Å². The Morgan fingerprint density at radius 3 is 2.64 bits per heavy atom. The van der Waals surface area contributed by atoms with Crippen LogP contribution in [0.4, 0.5) is 0 Å². The van der Waals surface area contributed by atoms with Gasteiger partial charge in [0.25, 0.3) is 11.8 Å². The standard InChI is InChI=1S/C20H19Cl2N3O3/c1-13-3-5-14(6-4-13)20(26)25(2)10-9-18-23-19(28-24-18)12-27-17-8-7-15(21)11-16(17)22/h3-8,11H,9-10,12H2,1-2H3. The Balaban J connectivity index is 1.51. The zero-order valence-corrected chi connectivity index (χ0v) is 17.0. The van der Waals surface area contributed by atoms with Crippen molar-refractivity contribution in [3.8, 4) is 5.75 Å². The lowest BCUT2D eigenvalue weighted by atomic mass is 10.1. The van der Waals surface area contributed by atoms with Crippen molar-refractivity contribution in [3.63, 3.8) is 0 Å². The molecular formula is C20H19Cl2N3O3. The first-order chi connectivity index (χ1) is 13.4. The summed E-state index contributed by atoms with van der Waals surface area (Å²) in [5.41, 5.74) is 1.76. The summed E-state index contributed by atoms with van der Waals surface area (Å²) in [7, 11) is 1.74. The molecule has 3 aromatic rings. The molecule has 28 heavy (non-hydrogen) atoms. The van der Waals surface area contributed by atoms with Gasteiger partial charge in [-0.3, -0.25) is 4.79 Å². The van der Waals surface area contributed by atoms with Crippen LogP contribution in [0.2, 0.25) is 10.0 Å². The van der Waals surface area contributed by atoms with Gasteiger partial charge in [-0.25, -0.2) is 0 Å². The van der Waals surface area contributed by atoms with Crippen molar-refractivity contribution in [3.05, 3.63) is 75.4 Å². The van der Waals surface area contributed by atoms with E-state index in [0.29, 0.717) is 46.0 Å². The number of aryl methyl sites for hydroxylation is 1. The van der Waals surface area contributed by atoms with Gasteiger partial charge in [0.1, 0.15) is 5.75 Å². The normalized spacial score (nSPS) is 10.7. The van der Waals surface area contributed by atoms with Crippen LogP contribution in [0.3, 0.4) is 0 Å². The van der Waals surface area contributed by atoms with Crippen LogP contribution in [0, 0.1) is 6.92 Å². The summed E-state index contributed by atoms with van der Waals surface area (Å²) >= 11 is 11.9. The number of amides is 1. The number of hydrogen-bond donors (Lipinski definition) is 0. The lowest BCUT2D eigenvalue weighted by Crippen LogP contribution is -2.29. The maximum atomic E-state index is 12.4. The maximum Gasteiger partial charge on any atom is 0.264 e. The molecule has 0 saturated carbocycles. The largest absolute Gasteiger partial charge is 0.482 e. The van der Waals surface area contributed by atoms with Gasteiger partial charge in [0.05, 0.1) is 5.02 Å². The molecule has 0 bridgehead atoms. The zero-order chi connectivity index (χ0) is 20.1. The summed E-state index contributed by atoms with van der Waals surface area (Å²) < 4.78 is 10.8. The minimum atomic E-state index is -0.0515. The number of hydrogen-bond acceptors (Lipinski definition) is 5. The molecule has 1 amide bonds. The van der Waals surface area contributed by atoms with Gasteiger partial charge in [-0.1, -0.05) is 46.1 Å². The highest BCUT2D eigenvalue weighted by Crippen LogP contribution is 2.28. The number of rotatable bonds is 7. The Morgan fingerprint density at radius 1 is 1.18 bits per heavy atom. The third-order valence-corrected chi connectivity index (χ3v) is 4.60. The number of carbonyl (C=O) groups excluding carboxylic acids is 1. The van der Waals surface area contributed by atoms with E-state index in [1.165, 1.54) is 0 Å². The molecule has 0 spiro atoms. The predicted octanol–water partition coefficient (Wildman–Crippen LogP) is 4.58. The molecule has 0 N–H and O–H groups in total. The van der Waals surface area contributed by atoms with Crippen LogP contribution < -0.4 is 4.74 Å². The Hall–Kier alpha value is -2.57. The summed E-state index contributed by atoms with van der Waals surface area (Å²) in [6, 6.07) is 12.4. The van der Waals surface area contributed by atoms with Crippen molar-refractivity contribution in [2.45, 2.75) is 20.0 Å². The second kappa shape index (κ2) is 9.08. The van der Waals surface area contributed by atoms with E-state index in [0.717, 1.165) is 5.56 Å². The highest BCUT2D eigenvalue weighted by Gasteiger charge is 2.14. The molecule has 8 heteroatoms. The van der Waals surface area contributed by atoms with E-state index in [1.807, 2.05) is 31.2 Å². The highest BCUT2D eigenvalue weighted by molar-refractivity contribution is 6.35. The Kier molecular flexibility index (Phi) is 6.54. The maximum absolute atomic E-state index is 12.4. The van der Waals surface area contributed by atoms with E-state index in [2.05, 4.69) is 10.1 Å². The van der Waals surface area contributed by atoms with E-state index in [1.54, 1.807) is 30.1 Å². The number of ether oxygens (including phenoxy) is 1. The summed E-state index contributed by atoms with van der Waals surface area (Å²) in [4.78, 5) is 18.3. The highest BCUT2D eigenvalue weighted by atomic mass is 35.5. The second-order valence-corrected chi connectivity index (χ2v) is 7.15. The monoisotopic (exact) mass is 419 g/mol. The molecule has 0 atom stereocenters. The Labute approximate surface area is 173 Å². The number of nitrogens with zero attached hydrogens (tertiary/aromatic N) is 3. The van der Waals surface area contributed by atoms with Gasteiger partial charge in [0.15, 0.2) is 12.4 Å². The molecule has 0 radical (unpaired) electrons. The molecule has 0 aliphatic heterocycles. The van der Waals surface area contributed by atoms with Crippen LogP contribution in [0.25, 0.3) is 0 Å². The SMILES string of the molecule is Cc1ccc(C(=O)N(C)CCc2noc(COc3ccc(Cl)cc3Cl)n2)cc1. The van der Waals surface area contributed by atoms with Gasteiger partial charge in [0.2, 0.25) is 0 Å². The number of benzene rings is 2. The molecule has 1 heterocycles. The molecule has 1 aromatic heterocycles. The van der Waals surface area contributed by atoms with Crippen molar-refractivity contribution in [1.82, 2.24) is 15.0 Å². The summed E-state index contributed by atoms with van der Waals surface area (Å²) in [6.45, 7) is 2.54. The average molecular weight is 420 g/mol.